The zero-order valence-corrected chi connectivity index (χ0v) is 10.3. The summed E-state index contributed by atoms with van der Waals surface area (Å²) in [5.41, 5.74) is 0.149. The van der Waals surface area contributed by atoms with Gasteiger partial charge in [-0.2, -0.15) is 13.2 Å². The van der Waals surface area contributed by atoms with Crippen molar-refractivity contribution in [3.8, 4) is 0 Å². The Kier molecular flexibility index (Phi) is 6.99. The minimum Gasteiger partial charge on any atom is -0.372 e. The fourth-order valence-corrected chi connectivity index (χ4v) is 1.61. The van der Waals surface area contributed by atoms with Gasteiger partial charge in [0.2, 0.25) is 0 Å². The Bertz CT molecular complexity index is 185. The van der Waals surface area contributed by atoms with Crippen LogP contribution in [0.25, 0.3) is 0 Å². The first kappa shape index (κ1) is 15.7. The van der Waals surface area contributed by atoms with E-state index in [0.29, 0.717) is 6.42 Å². The lowest BCUT2D eigenvalue weighted by atomic mass is 9.83. The number of hydrogen-bond donors (Lipinski definition) is 1. The third kappa shape index (κ3) is 7.93. The number of hydrogen-bond acceptors (Lipinski definition) is 2. The van der Waals surface area contributed by atoms with Gasteiger partial charge < -0.3 is 10.1 Å². The highest BCUT2D eigenvalue weighted by Crippen LogP contribution is 2.26. The topological polar surface area (TPSA) is 21.3 Å². The van der Waals surface area contributed by atoms with Gasteiger partial charge in [-0.05, 0) is 31.7 Å². The molecule has 0 aliphatic rings. The van der Waals surface area contributed by atoms with Crippen LogP contribution >= 0.6 is 0 Å². The van der Waals surface area contributed by atoms with E-state index in [0.717, 1.165) is 19.4 Å². The molecule has 5 heteroatoms. The van der Waals surface area contributed by atoms with Crippen molar-refractivity contribution in [3.05, 3.63) is 0 Å². The molecule has 0 aliphatic carbocycles. The highest BCUT2D eigenvalue weighted by Gasteiger charge is 2.27. The molecule has 0 saturated carbocycles. The molecule has 0 rings (SSSR count). The molecule has 98 valence electrons. The van der Waals surface area contributed by atoms with Crippen molar-refractivity contribution in [1.29, 1.82) is 0 Å². The molecule has 16 heavy (non-hydrogen) atoms. The van der Waals surface area contributed by atoms with Crippen molar-refractivity contribution in [2.24, 2.45) is 5.41 Å². The summed E-state index contributed by atoms with van der Waals surface area (Å²) >= 11 is 0. The molecule has 0 spiro atoms. The lowest BCUT2D eigenvalue weighted by molar-refractivity contribution is -0.174. The first-order valence-corrected chi connectivity index (χ1v) is 5.62. The van der Waals surface area contributed by atoms with Crippen molar-refractivity contribution in [2.75, 3.05) is 26.8 Å². The van der Waals surface area contributed by atoms with E-state index in [-0.39, 0.29) is 12.0 Å². The Morgan fingerprint density at radius 3 is 2.31 bits per heavy atom. The second-order valence-electron chi connectivity index (χ2n) is 4.47. The highest BCUT2D eigenvalue weighted by molar-refractivity contribution is 4.74. The van der Waals surface area contributed by atoms with Crippen LogP contribution in [0, 0.1) is 5.41 Å². The number of rotatable bonds is 8. The molecule has 1 N–H and O–H groups in total. The highest BCUT2D eigenvalue weighted by atomic mass is 19.4. The third-order valence-electron chi connectivity index (χ3n) is 2.79. The van der Waals surface area contributed by atoms with E-state index in [1.807, 2.05) is 7.05 Å². The monoisotopic (exact) mass is 241 g/mol. The van der Waals surface area contributed by atoms with E-state index in [1.54, 1.807) is 0 Å². The zero-order valence-electron chi connectivity index (χ0n) is 10.3. The van der Waals surface area contributed by atoms with Gasteiger partial charge in [-0.15, -0.1) is 0 Å². The Morgan fingerprint density at radius 2 is 1.88 bits per heavy atom. The molecule has 0 radical (unpaired) electrons. The summed E-state index contributed by atoms with van der Waals surface area (Å²) in [7, 11) is 1.88. The van der Waals surface area contributed by atoms with Crippen molar-refractivity contribution in [3.63, 3.8) is 0 Å². The van der Waals surface area contributed by atoms with Gasteiger partial charge in [0, 0.05) is 13.2 Å². The summed E-state index contributed by atoms with van der Waals surface area (Å²) in [4.78, 5) is 0. The summed E-state index contributed by atoms with van der Waals surface area (Å²) in [6.45, 7) is 4.14. The van der Waals surface area contributed by atoms with Gasteiger partial charge in [0.05, 0.1) is 0 Å². The number of ether oxygens (including phenoxy) is 1. The molecule has 0 fully saturated rings. The Labute approximate surface area is 95.5 Å². The largest absolute Gasteiger partial charge is 0.411 e. The number of alkyl halides is 3. The van der Waals surface area contributed by atoms with Crippen LogP contribution in [0.4, 0.5) is 13.2 Å². The van der Waals surface area contributed by atoms with E-state index >= 15 is 0 Å². The lowest BCUT2D eigenvalue weighted by Gasteiger charge is -2.27. The van der Waals surface area contributed by atoms with E-state index in [9.17, 15) is 13.2 Å². The molecule has 1 unspecified atom stereocenters. The second-order valence-corrected chi connectivity index (χ2v) is 4.47. The molecule has 0 aliphatic heterocycles. The van der Waals surface area contributed by atoms with Crippen LogP contribution < -0.4 is 5.32 Å². The molecule has 0 aromatic heterocycles. The van der Waals surface area contributed by atoms with Crippen molar-refractivity contribution >= 4 is 0 Å². The van der Waals surface area contributed by atoms with Gasteiger partial charge in [-0.25, -0.2) is 0 Å². The summed E-state index contributed by atoms with van der Waals surface area (Å²) in [6.07, 6.45) is -1.66. The first-order chi connectivity index (χ1) is 7.33. The quantitative estimate of drug-likeness (QED) is 0.660. The predicted molar refractivity (Wildman–Crippen MR) is 58.4 cm³/mol. The normalized spacial score (nSPS) is 16.1. The average molecular weight is 241 g/mol. The molecule has 2 nitrogen and oxygen atoms in total. The van der Waals surface area contributed by atoms with Crippen LogP contribution in [0.1, 0.15) is 33.1 Å². The van der Waals surface area contributed by atoms with Crippen LogP contribution in [0.3, 0.4) is 0 Å². The fraction of sp³-hybridized carbons (Fsp3) is 1.00. The average Bonchev–Trinajstić information content (AvgIpc) is 2.16. The van der Waals surface area contributed by atoms with E-state index < -0.39 is 12.8 Å². The smallest absolute Gasteiger partial charge is 0.372 e. The first-order valence-electron chi connectivity index (χ1n) is 5.62. The maximum Gasteiger partial charge on any atom is 0.411 e. The molecular formula is C11H22F3NO. The zero-order chi connectivity index (χ0) is 12.7. The maximum absolute atomic E-state index is 11.8. The molecule has 0 saturated heterocycles. The van der Waals surface area contributed by atoms with Crippen LogP contribution in [0.15, 0.2) is 0 Å². The van der Waals surface area contributed by atoms with Crippen molar-refractivity contribution in [2.45, 2.75) is 39.3 Å². The van der Waals surface area contributed by atoms with Gasteiger partial charge in [-0.3, -0.25) is 0 Å². The Morgan fingerprint density at radius 1 is 1.25 bits per heavy atom. The maximum atomic E-state index is 11.8. The van der Waals surface area contributed by atoms with Gasteiger partial charge in [0.25, 0.3) is 0 Å². The van der Waals surface area contributed by atoms with Crippen molar-refractivity contribution in [1.82, 2.24) is 5.32 Å². The van der Waals surface area contributed by atoms with Crippen LogP contribution in [0.2, 0.25) is 0 Å². The molecule has 0 bridgehead atoms. The van der Waals surface area contributed by atoms with Crippen molar-refractivity contribution < 1.29 is 17.9 Å². The van der Waals surface area contributed by atoms with E-state index in [1.165, 1.54) is 0 Å². The second kappa shape index (κ2) is 7.12. The van der Waals surface area contributed by atoms with Gasteiger partial charge in [0.1, 0.15) is 6.61 Å². The van der Waals surface area contributed by atoms with Crippen LogP contribution in [-0.4, -0.2) is 33.0 Å². The van der Waals surface area contributed by atoms with Gasteiger partial charge in [-0.1, -0.05) is 13.8 Å². The minimum absolute atomic E-state index is 0.149. The molecule has 0 heterocycles. The summed E-state index contributed by atoms with van der Waals surface area (Å²) in [5, 5.41) is 3.10. The molecule has 1 atom stereocenters. The van der Waals surface area contributed by atoms with Crippen LogP contribution in [-0.2, 0) is 4.74 Å². The molecule has 0 aromatic carbocycles. The Hall–Kier alpha value is -0.290. The SMILES string of the molecule is CCC(C)(CCCOCC(F)(F)F)CNC. The predicted octanol–water partition coefficient (Wildman–Crippen LogP) is 2.98. The standard InChI is InChI=1S/C11H22F3NO/c1-4-10(2,8-15-3)6-5-7-16-9-11(12,13)14/h15H,4-9H2,1-3H3. The summed E-state index contributed by atoms with van der Waals surface area (Å²) < 4.78 is 39.9. The number of nitrogens with one attached hydrogen (secondary N) is 1. The van der Waals surface area contributed by atoms with E-state index in [4.69, 9.17) is 0 Å². The van der Waals surface area contributed by atoms with Gasteiger partial charge >= 0.3 is 6.18 Å². The molecule has 0 amide bonds. The van der Waals surface area contributed by atoms with Gasteiger partial charge in [0.15, 0.2) is 0 Å². The van der Waals surface area contributed by atoms with E-state index in [2.05, 4.69) is 23.9 Å². The minimum atomic E-state index is -4.21. The lowest BCUT2D eigenvalue weighted by Crippen LogP contribution is -2.29. The summed E-state index contributed by atoms with van der Waals surface area (Å²) in [5.74, 6) is 0. The third-order valence-corrected chi connectivity index (χ3v) is 2.79. The molecule has 0 aromatic rings. The summed E-state index contributed by atoms with van der Waals surface area (Å²) in [6, 6.07) is 0. The Balaban J connectivity index is 3.64. The molecular weight excluding hydrogens is 219 g/mol. The number of halogens is 3. The van der Waals surface area contributed by atoms with Crippen LogP contribution in [0.5, 0.6) is 0 Å². The fourth-order valence-electron chi connectivity index (χ4n) is 1.61.